The van der Waals surface area contributed by atoms with E-state index in [0.717, 1.165) is 18.4 Å². The van der Waals surface area contributed by atoms with E-state index in [1.165, 1.54) is 16.5 Å². The highest BCUT2D eigenvalue weighted by molar-refractivity contribution is 5.81. The molecule has 1 atom stereocenters. The van der Waals surface area contributed by atoms with Crippen molar-refractivity contribution >= 4 is 10.9 Å². The van der Waals surface area contributed by atoms with Crippen LogP contribution >= 0.6 is 0 Å². The number of benzene rings is 1. The summed E-state index contributed by atoms with van der Waals surface area (Å²) in [7, 11) is 0. The summed E-state index contributed by atoms with van der Waals surface area (Å²) in [5.74, 6) is 0. The Morgan fingerprint density at radius 3 is 2.70 bits per heavy atom. The Hall–Kier alpha value is -2.26. The van der Waals surface area contributed by atoms with Gasteiger partial charge in [0.05, 0.1) is 5.52 Å². The molecule has 0 saturated heterocycles. The lowest BCUT2D eigenvalue weighted by Gasteiger charge is -2.13. The van der Waals surface area contributed by atoms with Gasteiger partial charge in [-0.2, -0.15) is 0 Å². The minimum Gasteiger partial charge on any atom is -0.327 e. The highest BCUT2D eigenvalue weighted by atomic mass is 14.7. The first-order chi connectivity index (χ1) is 9.83. The maximum absolute atomic E-state index is 6.28. The quantitative estimate of drug-likeness (QED) is 0.787. The van der Waals surface area contributed by atoms with Crippen LogP contribution < -0.4 is 5.73 Å². The van der Waals surface area contributed by atoms with Crippen LogP contribution in [-0.2, 0) is 12.8 Å². The van der Waals surface area contributed by atoms with Gasteiger partial charge >= 0.3 is 0 Å². The summed E-state index contributed by atoms with van der Waals surface area (Å²) < 4.78 is 0. The number of hydrogen-bond acceptors (Lipinski definition) is 3. The summed E-state index contributed by atoms with van der Waals surface area (Å²) in [6, 6.07) is 14.4. The molecule has 3 aromatic rings. The monoisotopic (exact) mass is 263 g/mol. The van der Waals surface area contributed by atoms with E-state index in [0.29, 0.717) is 0 Å². The number of nitrogens with two attached hydrogens (primary N) is 1. The molecule has 0 spiro atoms. The zero-order chi connectivity index (χ0) is 13.8. The van der Waals surface area contributed by atoms with Crippen LogP contribution in [0, 0.1) is 0 Å². The molecule has 1 unspecified atom stereocenters. The van der Waals surface area contributed by atoms with E-state index in [9.17, 15) is 0 Å². The summed E-state index contributed by atoms with van der Waals surface area (Å²) in [4.78, 5) is 8.51. The first-order valence-electron chi connectivity index (χ1n) is 6.80. The van der Waals surface area contributed by atoms with Crippen molar-refractivity contribution in [3.05, 3.63) is 72.2 Å². The summed E-state index contributed by atoms with van der Waals surface area (Å²) in [5.41, 5.74) is 9.74. The third-order valence-corrected chi connectivity index (χ3v) is 3.44. The van der Waals surface area contributed by atoms with Crippen molar-refractivity contribution in [2.75, 3.05) is 0 Å². The molecule has 3 rings (SSSR count). The van der Waals surface area contributed by atoms with Crippen molar-refractivity contribution in [1.29, 1.82) is 0 Å². The Kier molecular flexibility index (Phi) is 3.70. The zero-order valence-corrected chi connectivity index (χ0v) is 11.2. The number of aromatic nitrogens is 2. The molecule has 2 aromatic heterocycles. The minimum absolute atomic E-state index is 0.0880. The molecule has 0 aliphatic rings. The highest BCUT2D eigenvalue weighted by Crippen LogP contribution is 2.18. The number of pyridine rings is 2. The number of para-hydroxylation sites is 1. The second-order valence-corrected chi connectivity index (χ2v) is 5.02. The Bertz CT molecular complexity index is 689. The highest BCUT2D eigenvalue weighted by Gasteiger charge is 2.08. The van der Waals surface area contributed by atoms with Gasteiger partial charge in [0.1, 0.15) is 0 Å². The van der Waals surface area contributed by atoms with Crippen LogP contribution in [-0.4, -0.2) is 16.0 Å². The molecule has 2 N–H and O–H groups in total. The molecule has 20 heavy (non-hydrogen) atoms. The van der Waals surface area contributed by atoms with E-state index < -0.39 is 0 Å². The van der Waals surface area contributed by atoms with Gasteiger partial charge in [0, 0.05) is 30.0 Å². The van der Waals surface area contributed by atoms with E-state index in [4.69, 9.17) is 5.73 Å². The predicted molar refractivity (Wildman–Crippen MR) is 81.4 cm³/mol. The van der Waals surface area contributed by atoms with E-state index in [1.54, 1.807) is 6.20 Å². The molecule has 100 valence electrons. The number of nitrogens with zero attached hydrogens (tertiary/aromatic N) is 2. The Balaban J connectivity index is 1.79. The van der Waals surface area contributed by atoms with Crippen LogP contribution in [0.25, 0.3) is 10.9 Å². The standard InChI is InChI=1S/C17H17N3/c18-15(10-13-4-3-8-19-12-13)11-14-7-9-20-17-6-2-1-5-16(14)17/h1-9,12,15H,10-11,18H2. The van der Waals surface area contributed by atoms with Crippen molar-refractivity contribution in [2.24, 2.45) is 5.73 Å². The minimum atomic E-state index is 0.0880. The smallest absolute Gasteiger partial charge is 0.0704 e. The lowest BCUT2D eigenvalue weighted by atomic mass is 9.98. The van der Waals surface area contributed by atoms with Gasteiger partial charge < -0.3 is 5.73 Å². The molecule has 0 bridgehead atoms. The number of rotatable bonds is 4. The van der Waals surface area contributed by atoms with Crippen LogP contribution in [0.4, 0.5) is 0 Å². The van der Waals surface area contributed by atoms with Gasteiger partial charge in [-0.05, 0) is 42.2 Å². The van der Waals surface area contributed by atoms with E-state index in [-0.39, 0.29) is 6.04 Å². The molecule has 0 saturated carbocycles. The van der Waals surface area contributed by atoms with E-state index in [1.807, 2.05) is 36.7 Å². The van der Waals surface area contributed by atoms with Gasteiger partial charge in [-0.1, -0.05) is 24.3 Å². The van der Waals surface area contributed by atoms with Gasteiger partial charge in [-0.15, -0.1) is 0 Å². The Morgan fingerprint density at radius 1 is 0.950 bits per heavy atom. The summed E-state index contributed by atoms with van der Waals surface area (Å²) >= 11 is 0. The molecule has 0 radical (unpaired) electrons. The largest absolute Gasteiger partial charge is 0.327 e. The first kappa shape index (κ1) is 12.8. The summed E-state index contributed by atoms with van der Waals surface area (Å²) in [6.45, 7) is 0. The molecule has 3 nitrogen and oxygen atoms in total. The predicted octanol–water partition coefficient (Wildman–Crippen LogP) is 2.74. The topological polar surface area (TPSA) is 51.8 Å². The molecule has 2 heterocycles. The average Bonchev–Trinajstić information content (AvgIpc) is 2.48. The van der Waals surface area contributed by atoms with Crippen LogP contribution in [0.5, 0.6) is 0 Å². The summed E-state index contributed by atoms with van der Waals surface area (Å²) in [5, 5.41) is 1.19. The lowest BCUT2D eigenvalue weighted by Crippen LogP contribution is -2.25. The Labute approximate surface area is 118 Å². The van der Waals surface area contributed by atoms with E-state index >= 15 is 0 Å². The third-order valence-electron chi connectivity index (χ3n) is 3.44. The molecule has 0 aliphatic carbocycles. The molecule has 3 heteroatoms. The molecular formula is C17H17N3. The van der Waals surface area contributed by atoms with Crippen LogP contribution in [0.15, 0.2) is 61.1 Å². The van der Waals surface area contributed by atoms with Crippen LogP contribution in [0.2, 0.25) is 0 Å². The average molecular weight is 263 g/mol. The molecule has 0 aliphatic heterocycles. The van der Waals surface area contributed by atoms with Gasteiger partial charge in [-0.25, -0.2) is 0 Å². The molecule has 0 fully saturated rings. The fourth-order valence-electron chi connectivity index (χ4n) is 2.51. The second-order valence-electron chi connectivity index (χ2n) is 5.02. The van der Waals surface area contributed by atoms with Crippen molar-refractivity contribution in [3.63, 3.8) is 0 Å². The van der Waals surface area contributed by atoms with Gasteiger partial charge in [0.2, 0.25) is 0 Å². The molecule has 0 amide bonds. The van der Waals surface area contributed by atoms with Crippen LogP contribution in [0.1, 0.15) is 11.1 Å². The van der Waals surface area contributed by atoms with Gasteiger partial charge in [0.25, 0.3) is 0 Å². The van der Waals surface area contributed by atoms with Crippen molar-refractivity contribution in [3.8, 4) is 0 Å². The maximum Gasteiger partial charge on any atom is 0.0704 e. The zero-order valence-electron chi connectivity index (χ0n) is 11.2. The normalized spacial score (nSPS) is 12.4. The maximum atomic E-state index is 6.28. The third kappa shape index (κ3) is 2.83. The van der Waals surface area contributed by atoms with Gasteiger partial charge in [0.15, 0.2) is 0 Å². The van der Waals surface area contributed by atoms with Crippen molar-refractivity contribution < 1.29 is 0 Å². The van der Waals surface area contributed by atoms with Crippen molar-refractivity contribution in [2.45, 2.75) is 18.9 Å². The summed E-state index contributed by atoms with van der Waals surface area (Å²) in [6.07, 6.45) is 7.20. The second kappa shape index (κ2) is 5.80. The van der Waals surface area contributed by atoms with Crippen molar-refractivity contribution in [1.82, 2.24) is 9.97 Å². The number of hydrogen-bond donors (Lipinski definition) is 1. The fourth-order valence-corrected chi connectivity index (χ4v) is 2.51. The molecular weight excluding hydrogens is 246 g/mol. The number of fused-ring (bicyclic) bond motifs is 1. The van der Waals surface area contributed by atoms with Crippen LogP contribution in [0.3, 0.4) is 0 Å². The van der Waals surface area contributed by atoms with Gasteiger partial charge in [-0.3, -0.25) is 9.97 Å². The molecule has 1 aromatic carbocycles. The fraction of sp³-hybridized carbons (Fsp3) is 0.176. The Morgan fingerprint density at radius 2 is 1.85 bits per heavy atom. The SMILES string of the molecule is NC(Cc1cccnc1)Cc1ccnc2ccccc12. The first-order valence-corrected chi connectivity index (χ1v) is 6.80. The lowest BCUT2D eigenvalue weighted by molar-refractivity contribution is 0.665. The van der Waals surface area contributed by atoms with E-state index in [2.05, 4.69) is 28.2 Å².